The summed E-state index contributed by atoms with van der Waals surface area (Å²) < 4.78 is 39.7. The monoisotopic (exact) mass is 204 g/mol. The van der Waals surface area contributed by atoms with Crippen LogP contribution in [0.2, 0.25) is 0 Å². The van der Waals surface area contributed by atoms with Gasteiger partial charge in [-0.3, -0.25) is 0 Å². The standard InChI is InChI=1S/C8H9FO3S/c1-12-7-4-3-6(9)5-8(7)13(2,10)11/h3-5H,1-2H3. The molecule has 0 heterocycles. The molecule has 5 heteroatoms. The predicted octanol–water partition coefficient (Wildman–Crippen LogP) is 1.24. The molecule has 72 valence electrons. The second-order valence-electron chi connectivity index (χ2n) is 2.57. The molecule has 1 aromatic rings. The molecule has 0 fully saturated rings. The first-order valence-electron chi connectivity index (χ1n) is 3.49. The molecule has 0 aromatic heterocycles. The maximum atomic E-state index is 12.7. The molecular formula is C8H9FO3S. The smallest absolute Gasteiger partial charge is 0.179 e. The first-order valence-corrected chi connectivity index (χ1v) is 5.38. The Bertz CT molecular complexity index is 411. The molecular weight excluding hydrogens is 195 g/mol. The Balaban J connectivity index is 3.41. The lowest BCUT2D eigenvalue weighted by Gasteiger charge is -2.05. The topological polar surface area (TPSA) is 43.4 Å². The van der Waals surface area contributed by atoms with Crippen molar-refractivity contribution < 1.29 is 17.5 Å². The van der Waals surface area contributed by atoms with Crippen LogP contribution in [0.4, 0.5) is 4.39 Å². The summed E-state index contributed by atoms with van der Waals surface area (Å²) in [6.07, 6.45) is 1.00. The number of benzene rings is 1. The van der Waals surface area contributed by atoms with Gasteiger partial charge in [-0.05, 0) is 18.2 Å². The van der Waals surface area contributed by atoms with Gasteiger partial charge in [0, 0.05) is 6.26 Å². The summed E-state index contributed by atoms with van der Waals surface area (Å²) >= 11 is 0. The average molecular weight is 204 g/mol. The van der Waals surface area contributed by atoms with Crippen LogP contribution in [-0.4, -0.2) is 21.8 Å². The molecule has 0 saturated carbocycles. The Morgan fingerprint density at radius 1 is 1.38 bits per heavy atom. The molecule has 0 bridgehead atoms. The van der Waals surface area contributed by atoms with Crippen molar-refractivity contribution in [1.82, 2.24) is 0 Å². The Morgan fingerprint density at radius 2 is 2.00 bits per heavy atom. The highest BCUT2D eigenvalue weighted by molar-refractivity contribution is 7.90. The van der Waals surface area contributed by atoms with Gasteiger partial charge in [0.15, 0.2) is 9.84 Å². The van der Waals surface area contributed by atoms with Crippen LogP contribution < -0.4 is 4.74 Å². The average Bonchev–Trinajstić information content (AvgIpc) is 2.03. The van der Waals surface area contributed by atoms with Crippen LogP contribution in [0.3, 0.4) is 0 Å². The third kappa shape index (κ3) is 2.18. The highest BCUT2D eigenvalue weighted by Gasteiger charge is 2.14. The molecule has 0 aliphatic rings. The lowest BCUT2D eigenvalue weighted by molar-refractivity contribution is 0.401. The lowest BCUT2D eigenvalue weighted by atomic mass is 10.3. The zero-order valence-electron chi connectivity index (χ0n) is 7.24. The maximum Gasteiger partial charge on any atom is 0.179 e. The first kappa shape index (κ1) is 9.98. The highest BCUT2D eigenvalue weighted by Crippen LogP contribution is 2.23. The summed E-state index contributed by atoms with van der Waals surface area (Å²) in [5.41, 5.74) is 0. The van der Waals surface area contributed by atoms with Crippen molar-refractivity contribution in [2.45, 2.75) is 4.90 Å². The SMILES string of the molecule is COc1ccc(F)cc1S(C)(=O)=O. The van der Waals surface area contributed by atoms with Crippen LogP contribution >= 0.6 is 0 Å². The minimum absolute atomic E-state index is 0.130. The van der Waals surface area contributed by atoms with Gasteiger partial charge < -0.3 is 4.74 Å². The molecule has 0 aliphatic carbocycles. The Hall–Kier alpha value is -1.10. The number of methoxy groups -OCH3 is 1. The summed E-state index contributed by atoms with van der Waals surface area (Å²) in [6, 6.07) is 3.37. The van der Waals surface area contributed by atoms with Gasteiger partial charge >= 0.3 is 0 Å². The number of halogens is 1. The summed E-state index contributed by atoms with van der Waals surface area (Å²) in [5.74, 6) is -0.440. The summed E-state index contributed by atoms with van der Waals surface area (Å²) in [6.45, 7) is 0. The fourth-order valence-electron chi connectivity index (χ4n) is 0.940. The fraction of sp³-hybridized carbons (Fsp3) is 0.250. The van der Waals surface area contributed by atoms with E-state index in [0.29, 0.717) is 0 Å². The van der Waals surface area contributed by atoms with Gasteiger partial charge in [0.25, 0.3) is 0 Å². The van der Waals surface area contributed by atoms with E-state index in [1.54, 1.807) is 0 Å². The van der Waals surface area contributed by atoms with Crippen molar-refractivity contribution in [2.75, 3.05) is 13.4 Å². The third-order valence-electron chi connectivity index (χ3n) is 1.53. The van der Waals surface area contributed by atoms with E-state index in [4.69, 9.17) is 4.74 Å². The highest BCUT2D eigenvalue weighted by atomic mass is 32.2. The fourth-order valence-corrected chi connectivity index (χ4v) is 1.78. The molecule has 0 spiro atoms. The van der Waals surface area contributed by atoms with E-state index >= 15 is 0 Å². The van der Waals surface area contributed by atoms with Gasteiger partial charge in [0.1, 0.15) is 16.5 Å². The minimum Gasteiger partial charge on any atom is -0.495 e. The van der Waals surface area contributed by atoms with Crippen molar-refractivity contribution in [3.05, 3.63) is 24.0 Å². The molecule has 1 aromatic carbocycles. The van der Waals surface area contributed by atoms with E-state index in [2.05, 4.69) is 0 Å². The number of sulfone groups is 1. The quantitative estimate of drug-likeness (QED) is 0.727. The lowest BCUT2D eigenvalue weighted by Crippen LogP contribution is -2.01. The molecule has 13 heavy (non-hydrogen) atoms. The van der Waals surface area contributed by atoms with Crippen LogP contribution in [0.15, 0.2) is 23.1 Å². The summed E-state index contributed by atoms with van der Waals surface area (Å²) in [5, 5.41) is 0. The second-order valence-corrected chi connectivity index (χ2v) is 4.55. The van der Waals surface area contributed by atoms with Crippen LogP contribution in [0.25, 0.3) is 0 Å². The Kier molecular flexibility index (Phi) is 2.56. The van der Waals surface area contributed by atoms with Gasteiger partial charge in [-0.15, -0.1) is 0 Å². The van der Waals surface area contributed by atoms with Crippen LogP contribution in [0, 0.1) is 5.82 Å². The Morgan fingerprint density at radius 3 is 2.46 bits per heavy atom. The van der Waals surface area contributed by atoms with Gasteiger partial charge in [-0.2, -0.15) is 0 Å². The van der Waals surface area contributed by atoms with E-state index in [-0.39, 0.29) is 10.6 Å². The molecule has 0 aliphatic heterocycles. The second kappa shape index (κ2) is 3.33. The van der Waals surface area contributed by atoms with E-state index in [0.717, 1.165) is 18.4 Å². The largest absolute Gasteiger partial charge is 0.495 e. The van der Waals surface area contributed by atoms with Crippen molar-refractivity contribution in [3.63, 3.8) is 0 Å². The maximum absolute atomic E-state index is 12.7. The van der Waals surface area contributed by atoms with Crippen molar-refractivity contribution >= 4 is 9.84 Å². The summed E-state index contributed by atoms with van der Waals surface area (Å²) in [7, 11) is -2.10. The predicted molar refractivity (Wildman–Crippen MR) is 46.1 cm³/mol. The molecule has 0 unspecified atom stereocenters. The molecule has 0 N–H and O–H groups in total. The van der Waals surface area contributed by atoms with Crippen molar-refractivity contribution in [1.29, 1.82) is 0 Å². The molecule has 1 rings (SSSR count). The van der Waals surface area contributed by atoms with Crippen LogP contribution in [-0.2, 0) is 9.84 Å². The number of rotatable bonds is 2. The minimum atomic E-state index is -3.43. The number of ether oxygens (including phenoxy) is 1. The third-order valence-corrected chi connectivity index (χ3v) is 2.64. The zero-order chi connectivity index (χ0) is 10.1. The van der Waals surface area contributed by atoms with E-state index in [1.165, 1.54) is 13.2 Å². The number of hydrogen-bond donors (Lipinski definition) is 0. The van der Waals surface area contributed by atoms with Gasteiger partial charge in [0.05, 0.1) is 7.11 Å². The van der Waals surface area contributed by atoms with Crippen molar-refractivity contribution in [3.8, 4) is 5.75 Å². The normalized spacial score (nSPS) is 11.3. The number of hydrogen-bond acceptors (Lipinski definition) is 3. The molecule has 0 amide bonds. The molecule has 0 atom stereocenters. The van der Waals surface area contributed by atoms with Crippen molar-refractivity contribution in [2.24, 2.45) is 0 Å². The van der Waals surface area contributed by atoms with Gasteiger partial charge in [0.2, 0.25) is 0 Å². The van der Waals surface area contributed by atoms with Crippen LogP contribution in [0.5, 0.6) is 5.75 Å². The Labute approximate surface area is 76.1 Å². The summed E-state index contributed by atoms with van der Waals surface area (Å²) in [4.78, 5) is -0.130. The first-order chi connectivity index (χ1) is 5.95. The molecule has 0 radical (unpaired) electrons. The van der Waals surface area contributed by atoms with Gasteiger partial charge in [-0.1, -0.05) is 0 Å². The van der Waals surface area contributed by atoms with Crippen LogP contribution in [0.1, 0.15) is 0 Å². The molecule has 0 saturated heterocycles. The zero-order valence-corrected chi connectivity index (χ0v) is 8.06. The van der Waals surface area contributed by atoms with Gasteiger partial charge in [-0.25, -0.2) is 12.8 Å². The van der Waals surface area contributed by atoms with E-state index in [9.17, 15) is 12.8 Å². The van der Waals surface area contributed by atoms with E-state index < -0.39 is 15.7 Å². The molecule has 3 nitrogen and oxygen atoms in total. The van der Waals surface area contributed by atoms with E-state index in [1.807, 2.05) is 0 Å².